The molecule has 0 aliphatic rings. The van der Waals surface area contributed by atoms with Crippen LogP contribution >= 0.6 is 0 Å². The van der Waals surface area contributed by atoms with Crippen molar-refractivity contribution in [3.63, 3.8) is 0 Å². The second-order valence-corrected chi connectivity index (χ2v) is 4.53. The highest BCUT2D eigenvalue weighted by Crippen LogP contribution is 2.25. The number of carbonyl (C=O) groups excluding carboxylic acids is 1. The van der Waals surface area contributed by atoms with Crippen molar-refractivity contribution in [2.45, 2.75) is 40.0 Å². The average molecular weight is 277 g/mol. The Labute approximate surface area is 120 Å². The Morgan fingerprint density at radius 2 is 2.10 bits per heavy atom. The Morgan fingerprint density at radius 3 is 2.70 bits per heavy atom. The van der Waals surface area contributed by atoms with Crippen LogP contribution in [-0.2, 0) is 4.74 Å². The van der Waals surface area contributed by atoms with Gasteiger partial charge >= 0.3 is 6.09 Å². The molecule has 0 saturated heterocycles. The van der Waals surface area contributed by atoms with Gasteiger partial charge in [-0.2, -0.15) is 0 Å². The van der Waals surface area contributed by atoms with Crippen molar-refractivity contribution in [1.29, 1.82) is 0 Å². The van der Waals surface area contributed by atoms with E-state index in [0.717, 1.165) is 18.4 Å². The van der Waals surface area contributed by atoms with Crippen LogP contribution < -0.4 is 10.1 Å². The number of unbranched alkanes of at least 4 members (excludes halogenated alkanes) is 1. The third-order valence-corrected chi connectivity index (χ3v) is 2.82. The molecule has 0 unspecified atom stereocenters. The number of methoxy groups -OCH3 is 1. The molecule has 1 rings (SSSR count). The Morgan fingerprint density at radius 1 is 1.35 bits per heavy atom. The topological polar surface area (TPSA) is 47.6 Å². The summed E-state index contributed by atoms with van der Waals surface area (Å²) in [4.78, 5) is 11.9. The number of carbonyl (C=O) groups is 1. The minimum Gasteiger partial charge on any atom is -0.495 e. The second-order valence-electron chi connectivity index (χ2n) is 4.53. The van der Waals surface area contributed by atoms with Crippen molar-refractivity contribution < 1.29 is 14.3 Å². The van der Waals surface area contributed by atoms with E-state index >= 15 is 0 Å². The fourth-order valence-electron chi connectivity index (χ4n) is 1.74. The third kappa shape index (κ3) is 4.96. The minimum atomic E-state index is -0.488. The van der Waals surface area contributed by atoms with Crippen molar-refractivity contribution in [3.8, 4) is 5.75 Å². The number of amides is 1. The standard InChI is InChI=1S/C16H23NO3/c1-5-7-8-13(6-2)20-16(18)17-14-11-12(3)9-10-15(14)19-4/h8-11H,5-7H2,1-4H3,(H,17,18)/b13-8-. The van der Waals surface area contributed by atoms with Gasteiger partial charge in [-0.1, -0.05) is 26.3 Å². The van der Waals surface area contributed by atoms with Gasteiger partial charge in [0.15, 0.2) is 0 Å². The fourth-order valence-corrected chi connectivity index (χ4v) is 1.74. The zero-order valence-electron chi connectivity index (χ0n) is 12.7. The Bertz CT molecular complexity index is 481. The van der Waals surface area contributed by atoms with Gasteiger partial charge in [-0.25, -0.2) is 4.79 Å². The fraction of sp³-hybridized carbons (Fsp3) is 0.438. The predicted molar refractivity (Wildman–Crippen MR) is 81.1 cm³/mol. The van der Waals surface area contributed by atoms with Crippen LogP contribution in [0.2, 0.25) is 0 Å². The van der Waals surface area contributed by atoms with Crippen LogP contribution in [0.15, 0.2) is 30.0 Å². The van der Waals surface area contributed by atoms with Crippen LogP contribution in [0.5, 0.6) is 5.75 Å². The molecule has 4 nitrogen and oxygen atoms in total. The largest absolute Gasteiger partial charge is 0.495 e. The smallest absolute Gasteiger partial charge is 0.416 e. The molecule has 0 spiro atoms. The van der Waals surface area contributed by atoms with Gasteiger partial charge in [-0.15, -0.1) is 0 Å². The molecular formula is C16H23NO3. The summed E-state index contributed by atoms with van der Waals surface area (Å²) < 4.78 is 10.5. The Balaban J connectivity index is 2.73. The molecule has 1 N–H and O–H groups in total. The van der Waals surface area contributed by atoms with Crippen LogP contribution in [0.3, 0.4) is 0 Å². The quantitative estimate of drug-likeness (QED) is 0.770. The summed E-state index contributed by atoms with van der Waals surface area (Å²) in [7, 11) is 1.57. The normalized spacial score (nSPS) is 11.1. The summed E-state index contributed by atoms with van der Waals surface area (Å²) in [5.41, 5.74) is 1.65. The molecule has 0 bridgehead atoms. The minimum absolute atomic E-state index is 0.488. The zero-order valence-corrected chi connectivity index (χ0v) is 12.7. The summed E-state index contributed by atoms with van der Waals surface area (Å²) in [5.74, 6) is 1.30. The molecule has 0 aromatic heterocycles. The van der Waals surface area contributed by atoms with Gasteiger partial charge in [-0.05, 0) is 37.1 Å². The second kappa shape index (κ2) is 8.25. The van der Waals surface area contributed by atoms with Crippen LogP contribution in [-0.4, -0.2) is 13.2 Å². The van der Waals surface area contributed by atoms with E-state index in [1.54, 1.807) is 7.11 Å². The Kier molecular flexibility index (Phi) is 6.64. The van der Waals surface area contributed by atoms with Crippen molar-refractivity contribution in [2.75, 3.05) is 12.4 Å². The van der Waals surface area contributed by atoms with Gasteiger partial charge in [0.2, 0.25) is 0 Å². The molecular weight excluding hydrogens is 254 g/mol. The lowest BCUT2D eigenvalue weighted by molar-refractivity contribution is 0.188. The van der Waals surface area contributed by atoms with Gasteiger partial charge in [0.05, 0.1) is 12.8 Å². The lowest BCUT2D eigenvalue weighted by atomic mass is 10.2. The SMILES string of the molecule is CCC/C=C(/CC)OC(=O)Nc1cc(C)ccc1OC. The van der Waals surface area contributed by atoms with Crippen molar-refractivity contribution in [1.82, 2.24) is 0 Å². The number of ether oxygens (including phenoxy) is 2. The molecule has 0 radical (unpaired) electrons. The summed E-state index contributed by atoms with van der Waals surface area (Å²) in [6.45, 7) is 6.00. The molecule has 0 aliphatic carbocycles. The average Bonchev–Trinajstić information content (AvgIpc) is 2.43. The molecule has 20 heavy (non-hydrogen) atoms. The van der Waals surface area contributed by atoms with E-state index in [1.807, 2.05) is 38.1 Å². The van der Waals surface area contributed by atoms with Crippen molar-refractivity contribution >= 4 is 11.8 Å². The van der Waals surface area contributed by atoms with Gasteiger partial charge < -0.3 is 9.47 Å². The number of hydrogen-bond donors (Lipinski definition) is 1. The maximum absolute atomic E-state index is 11.9. The van der Waals surface area contributed by atoms with E-state index in [0.29, 0.717) is 23.6 Å². The maximum Gasteiger partial charge on any atom is 0.416 e. The molecule has 1 amide bonds. The maximum atomic E-state index is 11.9. The first-order valence-corrected chi connectivity index (χ1v) is 6.93. The first-order valence-electron chi connectivity index (χ1n) is 6.93. The first-order chi connectivity index (χ1) is 9.60. The molecule has 110 valence electrons. The van der Waals surface area contributed by atoms with E-state index in [2.05, 4.69) is 12.2 Å². The van der Waals surface area contributed by atoms with Crippen LogP contribution in [0.25, 0.3) is 0 Å². The highest BCUT2D eigenvalue weighted by Gasteiger charge is 2.10. The van der Waals surface area contributed by atoms with Gasteiger partial charge in [0, 0.05) is 6.42 Å². The third-order valence-electron chi connectivity index (χ3n) is 2.82. The highest BCUT2D eigenvalue weighted by molar-refractivity contribution is 5.87. The van der Waals surface area contributed by atoms with E-state index in [-0.39, 0.29) is 0 Å². The number of anilines is 1. The predicted octanol–water partition coefficient (Wildman–Crippen LogP) is 4.65. The summed E-state index contributed by atoms with van der Waals surface area (Å²) >= 11 is 0. The first kappa shape index (κ1) is 16.1. The number of aryl methyl sites for hydroxylation is 1. The van der Waals surface area contributed by atoms with Gasteiger partial charge in [-0.3, -0.25) is 5.32 Å². The van der Waals surface area contributed by atoms with E-state index in [4.69, 9.17) is 9.47 Å². The van der Waals surface area contributed by atoms with E-state index in [1.165, 1.54) is 0 Å². The van der Waals surface area contributed by atoms with E-state index < -0.39 is 6.09 Å². The molecule has 1 aromatic carbocycles. The number of benzene rings is 1. The number of allylic oxidation sites excluding steroid dienone is 2. The Hall–Kier alpha value is -1.97. The van der Waals surface area contributed by atoms with Crippen LogP contribution in [0.4, 0.5) is 10.5 Å². The molecule has 0 heterocycles. The van der Waals surface area contributed by atoms with Crippen molar-refractivity contribution in [3.05, 3.63) is 35.6 Å². The lowest BCUT2D eigenvalue weighted by Crippen LogP contribution is -2.14. The molecule has 0 saturated carbocycles. The number of rotatable bonds is 6. The summed E-state index contributed by atoms with van der Waals surface area (Å²) in [6.07, 6.45) is 4.09. The van der Waals surface area contributed by atoms with Gasteiger partial charge in [0.1, 0.15) is 11.5 Å². The van der Waals surface area contributed by atoms with Crippen LogP contribution in [0, 0.1) is 6.92 Å². The van der Waals surface area contributed by atoms with Gasteiger partial charge in [0.25, 0.3) is 0 Å². The number of hydrogen-bond acceptors (Lipinski definition) is 3. The molecule has 0 atom stereocenters. The molecule has 4 heteroatoms. The molecule has 1 aromatic rings. The number of nitrogens with one attached hydrogen (secondary N) is 1. The monoisotopic (exact) mass is 277 g/mol. The summed E-state index contributed by atoms with van der Waals surface area (Å²) in [5, 5.41) is 2.72. The van der Waals surface area contributed by atoms with Crippen molar-refractivity contribution in [2.24, 2.45) is 0 Å². The van der Waals surface area contributed by atoms with Crippen LogP contribution in [0.1, 0.15) is 38.7 Å². The summed E-state index contributed by atoms with van der Waals surface area (Å²) in [6, 6.07) is 5.59. The zero-order chi connectivity index (χ0) is 15.0. The molecule has 0 fully saturated rings. The highest BCUT2D eigenvalue weighted by atomic mass is 16.6. The lowest BCUT2D eigenvalue weighted by Gasteiger charge is -2.12. The molecule has 0 aliphatic heterocycles. The van der Waals surface area contributed by atoms with E-state index in [9.17, 15) is 4.79 Å².